The molecule has 3 aromatic rings. The lowest BCUT2D eigenvalue weighted by atomic mass is 9.95. The molecule has 0 bridgehead atoms. The lowest BCUT2D eigenvalue weighted by Gasteiger charge is -2.29. The fourth-order valence-corrected chi connectivity index (χ4v) is 3.69. The highest BCUT2D eigenvalue weighted by Gasteiger charge is 2.34. The van der Waals surface area contributed by atoms with Crippen LogP contribution in [0.3, 0.4) is 0 Å². The van der Waals surface area contributed by atoms with Crippen molar-refractivity contribution in [1.29, 1.82) is 0 Å². The number of allylic oxidation sites excluding steroid dienone is 1. The first kappa shape index (κ1) is 22.1. The Morgan fingerprint density at radius 1 is 0.848 bits per heavy atom. The van der Waals surface area contributed by atoms with Crippen LogP contribution in [0.15, 0.2) is 90.1 Å². The van der Waals surface area contributed by atoms with E-state index in [1.165, 1.54) is 0 Å². The largest absolute Gasteiger partial charge is 0.489 e. The molecule has 0 spiro atoms. The zero-order valence-corrected chi connectivity index (χ0v) is 18.6. The zero-order valence-electron chi connectivity index (χ0n) is 18.6. The molecule has 0 radical (unpaired) electrons. The van der Waals surface area contributed by atoms with Crippen LogP contribution in [0.2, 0.25) is 0 Å². The topological polar surface area (TPSA) is 76.7 Å². The normalized spacial score (nSPS) is 15.5. The van der Waals surface area contributed by atoms with Crippen LogP contribution < -0.4 is 15.4 Å². The lowest BCUT2D eigenvalue weighted by molar-refractivity contribution is -0.140. The summed E-state index contributed by atoms with van der Waals surface area (Å²) in [5, 5.41) is 5.53. The Hall–Kier alpha value is -4.06. The lowest BCUT2D eigenvalue weighted by Crippen LogP contribution is -2.45. The van der Waals surface area contributed by atoms with Crippen molar-refractivity contribution in [2.24, 2.45) is 0 Å². The summed E-state index contributed by atoms with van der Waals surface area (Å²) >= 11 is 0. The zero-order chi connectivity index (χ0) is 23.2. The van der Waals surface area contributed by atoms with E-state index in [0.717, 1.165) is 16.7 Å². The molecule has 2 amide bonds. The maximum atomic E-state index is 13.1. The number of nitrogens with one attached hydrogen (secondary N) is 2. The van der Waals surface area contributed by atoms with Gasteiger partial charge in [0.15, 0.2) is 0 Å². The fourth-order valence-electron chi connectivity index (χ4n) is 3.69. The molecule has 3 aromatic carbocycles. The summed E-state index contributed by atoms with van der Waals surface area (Å²) in [6.07, 6.45) is 0. The molecule has 6 heteroatoms. The number of amides is 2. The van der Waals surface area contributed by atoms with Gasteiger partial charge in [-0.25, -0.2) is 9.59 Å². The molecule has 0 saturated carbocycles. The van der Waals surface area contributed by atoms with E-state index in [-0.39, 0.29) is 12.6 Å². The van der Waals surface area contributed by atoms with E-state index in [2.05, 4.69) is 10.6 Å². The molecule has 0 unspecified atom stereocenters. The highest BCUT2D eigenvalue weighted by atomic mass is 16.5. The van der Waals surface area contributed by atoms with E-state index < -0.39 is 12.0 Å². The van der Waals surface area contributed by atoms with Crippen LogP contribution in [0.25, 0.3) is 0 Å². The van der Waals surface area contributed by atoms with Crippen molar-refractivity contribution in [2.75, 3.05) is 0 Å². The number of rotatable bonds is 7. The van der Waals surface area contributed by atoms with Gasteiger partial charge in [0.05, 0.1) is 11.6 Å². The number of benzene rings is 3. The van der Waals surface area contributed by atoms with Gasteiger partial charge < -0.3 is 20.1 Å². The van der Waals surface area contributed by atoms with Crippen molar-refractivity contribution in [3.05, 3.63) is 112 Å². The van der Waals surface area contributed by atoms with Gasteiger partial charge in [0.2, 0.25) is 0 Å². The fraction of sp³-hybridized carbons (Fsp3) is 0.185. The van der Waals surface area contributed by atoms with E-state index in [0.29, 0.717) is 29.2 Å². The van der Waals surface area contributed by atoms with Crippen LogP contribution in [-0.2, 0) is 22.7 Å². The first-order chi connectivity index (χ1) is 16.0. The van der Waals surface area contributed by atoms with Crippen molar-refractivity contribution >= 4 is 12.0 Å². The number of hydrogen-bond donors (Lipinski definition) is 2. The van der Waals surface area contributed by atoms with Crippen LogP contribution >= 0.6 is 0 Å². The molecule has 33 heavy (non-hydrogen) atoms. The van der Waals surface area contributed by atoms with Crippen molar-refractivity contribution in [2.45, 2.75) is 33.1 Å². The second kappa shape index (κ2) is 10.0. The van der Waals surface area contributed by atoms with Crippen LogP contribution in [0.5, 0.6) is 5.75 Å². The van der Waals surface area contributed by atoms with Gasteiger partial charge in [0.1, 0.15) is 19.0 Å². The van der Waals surface area contributed by atoms with Gasteiger partial charge in [-0.05, 0) is 31.0 Å². The maximum absolute atomic E-state index is 13.1. The molecule has 0 saturated heterocycles. The molecule has 0 aliphatic carbocycles. The van der Waals surface area contributed by atoms with Crippen LogP contribution in [0.4, 0.5) is 4.79 Å². The van der Waals surface area contributed by atoms with Crippen molar-refractivity contribution < 1.29 is 19.1 Å². The molecule has 1 atom stereocenters. The first-order valence-corrected chi connectivity index (χ1v) is 10.8. The molecule has 1 aliphatic rings. The maximum Gasteiger partial charge on any atom is 0.338 e. The van der Waals surface area contributed by atoms with Crippen molar-refractivity contribution in [1.82, 2.24) is 10.6 Å². The Balaban J connectivity index is 1.57. The van der Waals surface area contributed by atoms with Crippen LogP contribution in [0.1, 0.15) is 35.2 Å². The van der Waals surface area contributed by atoms with Crippen LogP contribution in [0, 0.1) is 6.92 Å². The van der Waals surface area contributed by atoms with Gasteiger partial charge in [-0.15, -0.1) is 0 Å². The minimum atomic E-state index is -0.698. The number of hydrogen-bond acceptors (Lipinski definition) is 4. The summed E-state index contributed by atoms with van der Waals surface area (Å²) in [5.74, 6) is 0.0913. The number of carbonyl (C=O) groups excluding carboxylic acids is 2. The smallest absolute Gasteiger partial charge is 0.338 e. The number of aryl methyl sites for hydroxylation is 1. The number of urea groups is 1. The number of para-hydroxylation sites is 1. The van der Waals surface area contributed by atoms with E-state index in [1.54, 1.807) is 6.92 Å². The second-order valence-electron chi connectivity index (χ2n) is 7.94. The van der Waals surface area contributed by atoms with Crippen molar-refractivity contribution in [3.8, 4) is 5.75 Å². The minimum Gasteiger partial charge on any atom is -0.489 e. The third kappa shape index (κ3) is 5.41. The highest BCUT2D eigenvalue weighted by Crippen LogP contribution is 2.34. The van der Waals surface area contributed by atoms with E-state index in [4.69, 9.17) is 9.47 Å². The summed E-state index contributed by atoms with van der Waals surface area (Å²) < 4.78 is 11.7. The molecule has 6 nitrogen and oxygen atoms in total. The molecule has 1 aliphatic heterocycles. The van der Waals surface area contributed by atoms with E-state index in [9.17, 15) is 9.59 Å². The van der Waals surface area contributed by atoms with Gasteiger partial charge in [0, 0.05) is 11.3 Å². The summed E-state index contributed by atoms with van der Waals surface area (Å²) in [6, 6.07) is 23.9. The van der Waals surface area contributed by atoms with E-state index >= 15 is 0 Å². The van der Waals surface area contributed by atoms with Gasteiger partial charge >= 0.3 is 12.0 Å². The highest BCUT2D eigenvalue weighted by molar-refractivity contribution is 5.95. The molecule has 4 rings (SSSR count). The summed E-state index contributed by atoms with van der Waals surface area (Å²) in [7, 11) is 0. The number of esters is 1. The predicted octanol–water partition coefficient (Wildman–Crippen LogP) is 4.95. The SMILES string of the molecule is CC1=C(C(=O)OCc2ccc(C)cc2)[C@@H](c2ccccc2OCc2ccccc2)NC(=O)N1. The number of carbonyl (C=O) groups is 2. The Bertz CT molecular complexity index is 1170. The molecule has 0 aromatic heterocycles. The average Bonchev–Trinajstić information content (AvgIpc) is 2.82. The Kier molecular flexibility index (Phi) is 6.74. The van der Waals surface area contributed by atoms with E-state index in [1.807, 2.05) is 85.8 Å². The Morgan fingerprint density at radius 3 is 2.27 bits per heavy atom. The molecule has 168 valence electrons. The molecular formula is C27H26N2O4. The standard InChI is InChI=1S/C27H26N2O4/c1-18-12-14-21(15-13-18)17-33-26(30)24-19(2)28-27(31)29-25(24)22-10-6-7-11-23(22)32-16-20-8-4-3-5-9-20/h3-15,25H,16-17H2,1-2H3,(H2,28,29,31)/t25-/m1/s1. The summed E-state index contributed by atoms with van der Waals surface area (Å²) in [5.41, 5.74) is 4.53. The van der Waals surface area contributed by atoms with Gasteiger partial charge in [-0.1, -0.05) is 78.4 Å². The summed E-state index contributed by atoms with van der Waals surface area (Å²) in [6.45, 7) is 4.21. The Labute approximate surface area is 193 Å². The van der Waals surface area contributed by atoms with Gasteiger partial charge in [0.25, 0.3) is 0 Å². The second-order valence-corrected chi connectivity index (χ2v) is 7.94. The summed E-state index contributed by atoms with van der Waals surface area (Å²) in [4.78, 5) is 25.4. The third-order valence-electron chi connectivity index (χ3n) is 5.45. The average molecular weight is 443 g/mol. The Morgan fingerprint density at radius 2 is 1.52 bits per heavy atom. The monoisotopic (exact) mass is 442 g/mol. The minimum absolute atomic E-state index is 0.142. The molecule has 1 heterocycles. The number of ether oxygens (including phenoxy) is 2. The molecule has 0 fully saturated rings. The van der Waals surface area contributed by atoms with Crippen LogP contribution in [-0.4, -0.2) is 12.0 Å². The predicted molar refractivity (Wildman–Crippen MR) is 125 cm³/mol. The first-order valence-electron chi connectivity index (χ1n) is 10.8. The third-order valence-corrected chi connectivity index (χ3v) is 5.45. The molecule has 2 N–H and O–H groups in total. The van der Waals surface area contributed by atoms with Gasteiger partial charge in [-0.2, -0.15) is 0 Å². The van der Waals surface area contributed by atoms with Gasteiger partial charge in [-0.3, -0.25) is 0 Å². The quantitative estimate of drug-likeness (QED) is 0.508. The van der Waals surface area contributed by atoms with Crippen molar-refractivity contribution in [3.63, 3.8) is 0 Å². The molecular weight excluding hydrogens is 416 g/mol.